The van der Waals surface area contributed by atoms with Gasteiger partial charge in [0.25, 0.3) is 0 Å². The average molecular weight is 232 g/mol. The van der Waals surface area contributed by atoms with Crippen molar-refractivity contribution in [3.8, 4) is 0 Å². The topological polar surface area (TPSA) is 64.1 Å². The molecule has 66 valence electrons. The van der Waals surface area contributed by atoms with E-state index in [1.807, 2.05) is 0 Å². The van der Waals surface area contributed by atoms with Crippen molar-refractivity contribution in [2.45, 2.75) is 12.3 Å². The van der Waals surface area contributed by atoms with Gasteiger partial charge in [-0.15, -0.1) is 0 Å². The lowest BCUT2D eigenvalue weighted by Gasteiger charge is -2.04. The second kappa shape index (κ2) is 3.06. The van der Waals surface area contributed by atoms with E-state index in [1.54, 1.807) is 0 Å². The fourth-order valence-electron chi connectivity index (χ4n) is 1.56. The number of nitrogens with two attached hydrogens (primary N) is 1. The lowest BCUT2D eigenvalue weighted by Crippen LogP contribution is -2.08. The van der Waals surface area contributed by atoms with Crippen molar-refractivity contribution in [1.29, 1.82) is 0 Å². The van der Waals surface area contributed by atoms with Crippen molar-refractivity contribution in [2.75, 3.05) is 18.8 Å². The first kappa shape index (κ1) is 8.07. The maximum atomic E-state index is 5.63. The van der Waals surface area contributed by atoms with Crippen LogP contribution in [-0.4, -0.2) is 18.2 Å². The Morgan fingerprint density at radius 2 is 2.50 bits per heavy atom. The molecule has 2 heterocycles. The predicted octanol–water partition coefficient (Wildman–Crippen LogP) is 1.10. The van der Waals surface area contributed by atoms with Crippen molar-refractivity contribution < 1.29 is 4.52 Å². The van der Waals surface area contributed by atoms with Crippen LogP contribution < -0.4 is 11.1 Å². The molecule has 0 amide bonds. The van der Waals surface area contributed by atoms with Gasteiger partial charge in [0.2, 0.25) is 5.88 Å². The molecule has 2 rings (SSSR count). The van der Waals surface area contributed by atoms with E-state index in [-0.39, 0.29) is 0 Å². The van der Waals surface area contributed by atoms with Crippen LogP contribution in [0, 0.1) is 0 Å². The Morgan fingerprint density at radius 1 is 1.67 bits per heavy atom. The van der Waals surface area contributed by atoms with Gasteiger partial charge < -0.3 is 15.6 Å². The SMILES string of the molecule is Nc1onc(Br)c1C1CCNC1. The minimum atomic E-state index is 0.440. The standard InChI is InChI=1S/C7H10BrN3O/c8-6-5(7(9)12-11-6)4-1-2-10-3-4/h4,10H,1-3,9H2. The van der Waals surface area contributed by atoms with Crippen molar-refractivity contribution in [3.63, 3.8) is 0 Å². The summed E-state index contributed by atoms with van der Waals surface area (Å²) >= 11 is 3.31. The Kier molecular flexibility index (Phi) is 2.06. The third-order valence-corrected chi connectivity index (χ3v) is 2.75. The Hall–Kier alpha value is -0.550. The van der Waals surface area contributed by atoms with Gasteiger partial charge in [0, 0.05) is 12.5 Å². The van der Waals surface area contributed by atoms with Crippen LogP contribution in [0.25, 0.3) is 0 Å². The summed E-state index contributed by atoms with van der Waals surface area (Å²) in [6, 6.07) is 0. The minimum Gasteiger partial charge on any atom is -0.367 e. The highest BCUT2D eigenvalue weighted by molar-refractivity contribution is 9.10. The first-order valence-electron chi connectivity index (χ1n) is 3.90. The van der Waals surface area contributed by atoms with E-state index in [0.29, 0.717) is 11.8 Å². The van der Waals surface area contributed by atoms with Gasteiger partial charge in [0.15, 0.2) is 4.60 Å². The second-order valence-corrected chi connectivity index (χ2v) is 3.69. The zero-order chi connectivity index (χ0) is 8.55. The molecule has 0 saturated carbocycles. The van der Waals surface area contributed by atoms with Gasteiger partial charge in [-0.3, -0.25) is 0 Å². The van der Waals surface area contributed by atoms with Crippen LogP contribution in [0.5, 0.6) is 0 Å². The average Bonchev–Trinajstić information content (AvgIpc) is 2.61. The molecule has 0 spiro atoms. The Morgan fingerprint density at radius 3 is 3.00 bits per heavy atom. The number of hydrogen-bond donors (Lipinski definition) is 2. The van der Waals surface area contributed by atoms with Crippen molar-refractivity contribution >= 4 is 21.8 Å². The van der Waals surface area contributed by atoms with Gasteiger partial charge in [0.1, 0.15) is 0 Å². The molecule has 0 radical (unpaired) electrons. The zero-order valence-corrected chi connectivity index (χ0v) is 8.10. The number of nitrogens with zero attached hydrogens (tertiary/aromatic N) is 1. The molecule has 1 aliphatic heterocycles. The molecule has 1 fully saturated rings. The second-order valence-electron chi connectivity index (χ2n) is 2.94. The number of aromatic nitrogens is 1. The van der Waals surface area contributed by atoms with Gasteiger partial charge in [0.05, 0.1) is 5.56 Å². The van der Waals surface area contributed by atoms with Crippen LogP contribution in [0.1, 0.15) is 17.9 Å². The molecule has 12 heavy (non-hydrogen) atoms. The van der Waals surface area contributed by atoms with Gasteiger partial charge in [-0.05, 0) is 28.9 Å². The van der Waals surface area contributed by atoms with Crippen LogP contribution in [0.15, 0.2) is 9.13 Å². The summed E-state index contributed by atoms with van der Waals surface area (Å²) in [5.41, 5.74) is 6.65. The lowest BCUT2D eigenvalue weighted by molar-refractivity contribution is 0.431. The highest BCUT2D eigenvalue weighted by Crippen LogP contribution is 2.33. The van der Waals surface area contributed by atoms with Crippen LogP contribution in [0.2, 0.25) is 0 Å². The Bertz CT molecular complexity index is 261. The van der Waals surface area contributed by atoms with E-state index < -0.39 is 0 Å². The van der Waals surface area contributed by atoms with E-state index in [0.717, 1.165) is 29.7 Å². The summed E-state index contributed by atoms with van der Waals surface area (Å²) in [6.45, 7) is 2.01. The lowest BCUT2D eigenvalue weighted by atomic mass is 10.0. The molecule has 1 aliphatic rings. The third-order valence-electron chi connectivity index (χ3n) is 2.18. The summed E-state index contributed by atoms with van der Waals surface area (Å²) in [6.07, 6.45) is 1.10. The first-order chi connectivity index (χ1) is 5.79. The molecule has 0 aromatic carbocycles. The Labute approximate surface area is 78.6 Å². The maximum Gasteiger partial charge on any atom is 0.226 e. The molecule has 0 aliphatic carbocycles. The normalized spacial score (nSPS) is 23.2. The highest BCUT2D eigenvalue weighted by Gasteiger charge is 2.24. The molecule has 1 atom stereocenters. The molecule has 4 nitrogen and oxygen atoms in total. The van der Waals surface area contributed by atoms with Crippen molar-refractivity contribution in [3.05, 3.63) is 10.2 Å². The molecule has 3 N–H and O–H groups in total. The molecule has 0 bridgehead atoms. The van der Waals surface area contributed by atoms with E-state index in [2.05, 4.69) is 26.4 Å². The fourth-order valence-corrected chi connectivity index (χ4v) is 2.15. The molecular formula is C7H10BrN3O. The predicted molar refractivity (Wildman–Crippen MR) is 48.8 cm³/mol. The minimum absolute atomic E-state index is 0.440. The largest absolute Gasteiger partial charge is 0.367 e. The fraction of sp³-hybridized carbons (Fsp3) is 0.571. The zero-order valence-electron chi connectivity index (χ0n) is 6.51. The van der Waals surface area contributed by atoms with E-state index >= 15 is 0 Å². The van der Waals surface area contributed by atoms with Gasteiger partial charge in [-0.2, -0.15) is 0 Å². The molecular weight excluding hydrogens is 222 g/mol. The molecule has 1 saturated heterocycles. The molecule has 5 heteroatoms. The summed E-state index contributed by atoms with van der Waals surface area (Å²) < 4.78 is 5.60. The number of rotatable bonds is 1. The molecule has 1 aromatic heterocycles. The number of hydrogen-bond acceptors (Lipinski definition) is 4. The van der Waals surface area contributed by atoms with Gasteiger partial charge >= 0.3 is 0 Å². The van der Waals surface area contributed by atoms with Gasteiger partial charge in [-0.1, -0.05) is 5.16 Å². The third kappa shape index (κ3) is 1.23. The summed E-state index contributed by atoms with van der Waals surface area (Å²) in [4.78, 5) is 0. The van der Waals surface area contributed by atoms with Gasteiger partial charge in [-0.25, -0.2) is 0 Å². The van der Waals surface area contributed by atoms with E-state index in [9.17, 15) is 0 Å². The summed E-state index contributed by atoms with van der Waals surface area (Å²) in [7, 11) is 0. The van der Waals surface area contributed by atoms with Crippen LogP contribution in [0.4, 0.5) is 5.88 Å². The molecule has 1 unspecified atom stereocenters. The number of anilines is 1. The quantitative estimate of drug-likeness (QED) is 0.760. The van der Waals surface area contributed by atoms with E-state index in [4.69, 9.17) is 10.3 Å². The maximum absolute atomic E-state index is 5.63. The van der Waals surface area contributed by atoms with E-state index in [1.165, 1.54) is 0 Å². The summed E-state index contributed by atoms with van der Waals surface area (Å²) in [5, 5.41) is 7.02. The number of halogens is 1. The number of nitrogen functional groups attached to an aromatic ring is 1. The Balaban J connectivity index is 2.30. The van der Waals surface area contributed by atoms with Crippen molar-refractivity contribution in [2.24, 2.45) is 0 Å². The van der Waals surface area contributed by atoms with Crippen LogP contribution in [-0.2, 0) is 0 Å². The monoisotopic (exact) mass is 231 g/mol. The highest BCUT2D eigenvalue weighted by atomic mass is 79.9. The number of nitrogens with one attached hydrogen (secondary N) is 1. The molecule has 1 aromatic rings. The van der Waals surface area contributed by atoms with Crippen LogP contribution in [0.3, 0.4) is 0 Å². The smallest absolute Gasteiger partial charge is 0.226 e. The first-order valence-corrected chi connectivity index (χ1v) is 4.69. The van der Waals surface area contributed by atoms with Crippen molar-refractivity contribution in [1.82, 2.24) is 10.5 Å². The van der Waals surface area contributed by atoms with Crippen LogP contribution >= 0.6 is 15.9 Å². The summed E-state index contributed by atoms with van der Waals surface area (Å²) in [5.74, 6) is 0.890.